The molecule has 0 aliphatic carbocycles. The van der Waals surface area contributed by atoms with Gasteiger partial charge in [-0.15, -0.1) is 0 Å². The third kappa shape index (κ3) is 4.49. The molecule has 0 aliphatic rings. The zero-order chi connectivity index (χ0) is 20.3. The summed E-state index contributed by atoms with van der Waals surface area (Å²) in [5, 5.41) is 9.70. The molecule has 0 atom stereocenters. The van der Waals surface area contributed by atoms with Crippen LogP contribution in [0.4, 0.5) is 0 Å². The van der Waals surface area contributed by atoms with Crippen LogP contribution in [0.3, 0.4) is 0 Å². The van der Waals surface area contributed by atoms with Crippen LogP contribution in [0.5, 0.6) is 23.0 Å². The Morgan fingerprint density at radius 3 is 1.71 bits per heavy atom. The second-order valence-corrected chi connectivity index (χ2v) is 8.06. The first kappa shape index (κ1) is 19.8. The lowest BCUT2D eigenvalue weighted by atomic mass is 10.1. The molecule has 0 spiro atoms. The van der Waals surface area contributed by atoms with Gasteiger partial charge in [-0.2, -0.15) is 4.57 Å². The van der Waals surface area contributed by atoms with Crippen molar-refractivity contribution < 1.29 is 23.2 Å². The van der Waals surface area contributed by atoms with Crippen LogP contribution < -0.4 is 13.6 Å². The van der Waals surface area contributed by atoms with E-state index in [1.807, 2.05) is 52.0 Å². The van der Waals surface area contributed by atoms with Gasteiger partial charge in [-0.25, -0.2) is 0 Å². The number of phosphoric acid groups is 1. The second-order valence-electron chi connectivity index (χ2n) is 6.61. The van der Waals surface area contributed by atoms with Crippen LogP contribution in [0.2, 0.25) is 0 Å². The number of hydrogen-bond acceptors (Lipinski definition) is 5. The Morgan fingerprint density at radius 1 is 0.714 bits per heavy atom. The molecule has 0 heterocycles. The van der Waals surface area contributed by atoms with Crippen molar-refractivity contribution in [3.05, 3.63) is 82.9 Å². The second kappa shape index (κ2) is 7.99. The standard InChI is InChI=1S/C22H23O5P/c1-15-8-5-12-21(17(15)3)26-28(24,25-20-11-7-10-19(23)14-20)27-22-13-6-9-16(2)18(22)4/h5-14,23H,1-4H3. The minimum absolute atomic E-state index is 0.0116. The Bertz CT molecular complexity index is 987. The number of aromatic hydroxyl groups is 1. The first-order chi connectivity index (χ1) is 13.3. The van der Waals surface area contributed by atoms with Gasteiger partial charge in [0.25, 0.3) is 0 Å². The Balaban J connectivity index is 2.00. The molecule has 1 N–H and O–H groups in total. The van der Waals surface area contributed by atoms with E-state index in [9.17, 15) is 9.67 Å². The average molecular weight is 398 g/mol. The Morgan fingerprint density at radius 2 is 1.21 bits per heavy atom. The number of benzene rings is 3. The summed E-state index contributed by atoms with van der Waals surface area (Å²) in [5.41, 5.74) is 3.67. The minimum atomic E-state index is -4.11. The maximum Gasteiger partial charge on any atom is 0.647 e. The lowest BCUT2D eigenvalue weighted by Crippen LogP contribution is -2.09. The molecule has 3 rings (SSSR count). The van der Waals surface area contributed by atoms with Gasteiger partial charge in [0.1, 0.15) is 23.0 Å². The molecular weight excluding hydrogens is 375 g/mol. The molecule has 0 amide bonds. The molecule has 0 saturated heterocycles. The molecule has 28 heavy (non-hydrogen) atoms. The topological polar surface area (TPSA) is 65.0 Å². The van der Waals surface area contributed by atoms with Gasteiger partial charge >= 0.3 is 7.82 Å². The molecule has 0 bridgehead atoms. The molecule has 0 fully saturated rings. The van der Waals surface area contributed by atoms with Crippen molar-refractivity contribution in [2.75, 3.05) is 0 Å². The monoisotopic (exact) mass is 398 g/mol. The van der Waals surface area contributed by atoms with E-state index in [-0.39, 0.29) is 11.5 Å². The van der Waals surface area contributed by atoms with Gasteiger partial charge < -0.3 is 18.7 Å². The van der Waals surface area contributed by atoms with Gasteiger partial charge in [0.05, 0.1) is 0 Å². The lowest BCUT2D eigenvalue weighted by Gasteiger charge is -2.22. The summed E-state index contributed by atoms with van der Waals surface area (Å²) in [7, 11) is -4.11. The number of phosphoric ester groups is 1. The van der Waals surface area contributed by atoms with Gasteiger partial charge in [-0.05, 0) is 74.2 Å². The number of aryl methyl sites for hydroxylation is 2. The fourth-order valence-electron chi connectivity index (χ4n) is 2.61. The quantitative estimate of drug-likeness (QED) is 0.496. The molecular formula is C22H23O5P. The van der Waals surface area contributed by atoms with E-state index < -0.39 is 7.82 Å². The first-order valence-electron chi connectivity index (χ1n) is 8.88. The van der Waals surface area contributed by atoms with E-state index >= 15 is 0 Å². The van der Waals surface area contributed by atoms with Gasteiger partial charge in [0.2, 0.25) is 0 Å². The van der Waals surface area contributed by atoms with Crippen LogP contribution in [0.25, 0.3) is 0 Å². The summed E-state index contributed by atoms with van der Waals surface area (Å²) in [6.07, 6.45) is 0. The maximum absolute atomic E-state index is 13.6. The fraction of sp³-hybridized carbons (Fsp3) is 0.182. The van der Waals surface area contributed by atoms with Crippen LogP contribution in [0.15, 0.2) is 60.7 Å². The summed E-state index contributed by atoms with van der Waals surface area (Å²) in [6.45, 7) is 7.63. The molecule has 6 heteroatoms. The van der Waals surface area contributed by atoms with E-state index in [0.29, 0.717) is 11.5 Å². The van der Waals surface area contributed by atoms with Gasteiger partial charge in [-0.3, -0.25) is 0 Å². The summed E-state index contributed by atoms with van der Waals surface area (Å²) >= 11 is 0. The predicted octanol–water partition coefficient (Wildman–Crippen LogP) is 6.27. The molecule has 3 aromatic rings. The third-order valence-electron chi connectivity index (χ3n) is 4.56. The highest BCUT2D eigenvalue weighted by molar-refractivity contribution is 7.49. The van der Waals surface area contributed by atoms with E-state index in [4.69, 9.17) is 13.6 Å². The maximum atomic E-state index is 13.6. The number of phenolic OH excluding ortho intramolecular Hbond substituents is 1. The van der Waals surface area contributed by atoms with Gasteiger partial charge in [0, 0.05) is 6.07 Å². The number of rotatable bonds is 6. The van der Waals surface area contributed by atoms with Crippen molar-refractivity contribution in [3.63, 3.8) is 0 Å². The smallest absolute Gasteiger partial charge is 0.508 e. The molecule has 0 unspecified atom stereocenters. The zero-order valence-electron chi connectivity index (χ0n) is 16.3. The lowest BCUT2D eigenvalue weighted by molar-refractivity contribution is 0.296. The van der Waals surface area contributed by atoms with Crippen molar-refractivity contribution >= 4 is 7.82 Å². The molecule has 146 valence electrons. The Hall–Kier alpha value is -2.91. The molecule has 0 saturated carbocycles. The molecule has 5 nitrogen and oxygen atoms in total. The van der Waals surface area contributed by atoms with E-state index in [2.05, 4.69) is 0 Å². The molecule has 0 aliphatic heterocycles. The Labute approximate surface area is 165 Å². The highest BCUT2D eigenvalue weighted by atomic mass is 31.2. The highest BCUT2D eigenvalue weighted by Gasteiger charge is 2.34. The third-order valence-corrected chi connectivity index (χ3v) is 5.84. The minimum Gasteiger partial charge on any atom is -0.508 e. The largest absolute Gasteiger partial charge is 0.647 e. The van der Waals surface area contributed by atoms with Crippen LogP contribution in [0.1, 0.15) is 22.3 Å². The van der Waals surface area contributed by atoms with Crippen LogP contribution >= 0.6 is 7.82 Å². The van der Waals surface area contributed by atoms with Crippen molar-refractivity contribution in [2.24, 2.45) is 0 Å². The molecule has 0 radical (unpaired) electrons. The predicted molar refractivity (Wildman–Crippen MR) is 109 cm³/mol. The summed E-state index contributed by atoms with van der Waals surface area (Å²) in [5.74, 6) is 0.990. The van der Waals surface area contributed by atoms with Crippen LogP contribution in [-0.4, -0.2) is 5.11 Å². The van der Waals surface area contributed by atoms with E-state index in [1.54, 1.807) is 24.3 Å². The Kier molecular flexibility index (Phi) is 5.66. The van der Waals surface area contributed by atoms with Crippen LogP contribution in [-0.2, 0) is 4.57 Å². The van der Waals surface area contributed by atoms with Gasteiger partial charge in [0.15, 0.2) is 0 Å². The molecule has 0 aromatic heterocycles. The van der Waals surface area contributed by atoms with Crippen LogP contribution in [0, 0.1) is 27.7 Å². The summed E-state index contributed by atoms with van der Waals surface area (Å²) in [4.78, 5) is 0. The highest BCUT2D eigenvalue weighted by Crippen LogP contribution is 2.51. The fourth-order valence-corrected chi connectivity index (χ4v) is 3.97. The normalized spacial score (nSPS) is 11.1. The van der Waals surface area contributed by atoms with Crippen molar-refractivity contribution in [2.45, 2.75) is 27.7 Å². The van der Waals surface area contributed by atoms with E-state index in [1.165, 1.54) is 12.1 Å². The van der Waals surface area contributed by atoms with Gasteiger partial charge in [-0.1, -0.05) is 30.3 Å². The van der Waals surface area contributed by atoms with Crippen molar-refractivity contribution in [1.82, 2.24) is 0 Å². The first-order valence-corrected chi connectivity index (χ1v) is 10.3. The van der Waals surface area contributed by atoms with Crippen molar-refractivity contribution in [1.29, 1.82) is 0 Å². The number of phenols is 1. The van der Waals surface area contributed by atoms with Crippen molar-refractivity contribution in [3.8, 4) is 23.0 Å². The SMILES string of the molecule is Cc1cccc(OP(=O)(Oc2cccc(O)c2)Oc2cccc(C)c2C)c1C. The van der Waals surface area contributed by atoms with E-state index in [0.717, 1.165) is 22.3 Å². The average Bonchev–Trinajstić information content (AvgIpc) is 2.63. The summed E-state index contributed by atoms with van der Waals surface area (Å²) in [6, 6.07) is 16.9. The molecule has 3 aromatic carbocycles. The zero-order valence-corrected chi connectivity index (χ0v) is 17.2. The summed E-state index contributed by atoms with van der Waals surface area (Å²) < 4.78 is 30.8. The number of hydrogen-bond donors (Lipinski definition) is 1.